The number of hydrogen-bond acceptors (Lipinski definition) is 6. The van der Waals surface area contributed by atoms with E-state index in [1.165, 1.54) is 0 Å². The van der Waals surface area contributed by atoms with Crippen molar-refractivity contribution in [3.05, 3.63) is 45.4 Å². The van der Waals surface area contributed by atoms with Gasteiger partial charge in [0.2, 0.25) is 5.95 Å². The molecule has 0 aliphatic carbocycles. The van der Waals surface area contributed by atoms with Crippen LogP contribution in [0.15, 0.2) is 23.0 Å². The topological polar surface area (TPSA) is 70.7 Å². The Kier molecular flexibility index (Phi) is 6.01. The summed E-state index contributed by atoms with van der Waals surface area (Å²) in [6.07, 6.45) is 1.48. The van der Waals surface area contributed by atoms with Gasteiger partial charge in [0.15, 0.2) is 11.5 Å². The van der Waals surface area contributed by atoms with Crippen molar-refractivity contribution in [2.45, 2.75) is 26.3 Å². The van der Waals surface area contributed by atoms with E-state index in [4.69, 9.17) is 9.47 Å². The Hall–Kier alpha value is -2.54. The second kappa shape index (κ2) is 8.43. The highest BCUT2D eigenvalue weighted by Gasteiger charge is 2.19. The van der Waals surface area contributed by atoms with E-state index in [9.17, 15) is 4.79 Å². The molecule has 1 aliphatic rings. The lowest BCUT2D eigenvalue weighted by molar-refractivity contribution is 0.277. The minimum atomic E-state index is -0.0201. The van der Waals surface area contributed by atoms with Crippen LogP contribution in [0.3, 0.4) is 0 Å². The molecule has 1 aromatic carbocycles. The van der Waals surface area contributed by atoms with Gasteiger partial charge in [0.1, 0.15) is 0 Å². The van der Waals surface area contributed by atoms with Crippen LogP contribution in [-0.4, -0.2) is 55.8 Å². The number of nitrogens with one attached hydrogen (secondary N) is 1. The molecule has 27 heavy (non-hydrogen) atoms. The lowest BCUT2D eigenvalue weighted by Gasteiger charge is -2.20. The van der Waals surface area contributed by atoms with E-state index in [-0.39, 0.29) is 5.56 Å². The summed E-state index contributed by atoms with van der Waals surface area (Å²) < 4.78 is 11.0. The van der Waals surface area contributed by atoms with Gasteiger partial charge in [-0.3, -0.25) is 14.7 Å². The number of benzene rings is 1. The normalized spacial score (nSPS) is 14.4. The van der Waals surface area contributed by atoms with Gasteiger partial charge >= 0.3 is 0 Å². The van der Waals surface area contributed by atoms with Gasteiger partial charge in [-0.2, -0.15) is 0 Å². The standard InChI is InChI=1S/C20H28N4O3/c1-5-27-17-7-6-14(12-18(17)26-4)13-24-10-8-15-16(9-11-24)21-20(23(2)3)22-19(15)25/h6-7,12H,5,8-11,13H2,1-4H3,(H,21,22,25). The fraction of sp³-hybridized carbons (Fsp3) is 0.500. The van der Waals surface area contributed by atoms with Crippen molar-refractivity contribution in [2.24, 2.45) is 0 Å². The van der Waals surface area contributed by atoms with Gasteiger partial charge in [-0.15, -0.1) is 0 Å². The minimum absolute atomic E-state index is 0.0201. The molecule has 0 unspecified atom stereocenters. The van der Waals surface area contributed by atoms with Gasteiger partial charge in [0.05, 0.1) is 19.4 Å². The second-order valence-electron chi connectivity index (χ2n) is 6.90. The molecule has 0 bridgehead atoms. The molecule has 1 aliphatic heterocycles. The van der Waals surface area contributed by atoms with Crippen LogP contribution in [0.5, 0.6) is 11.5 Å². The Morgan fingerprint density at radius 2 is 2.00 bits per heavy atom. The molecule has 146 valence electrons. The number of aromatic amines is 1. The number of rotatable bonds is 6. The summed E-state index contributed by atoms with van der Waals surface area (Å²) >= 11 is 0. The van der Waals surface area contributed by atoms with Crippen LogP contribution in [-0.2, 0) is 19.4 Å². The van der Waals surface area contributed by atoms with E-state index >= 15 is 0 Å². The zero-order chi connectivity index (χ0) is 19.4. The highest BCUT2D eigenvalue weighted by atomic mass is 16.5. The first-order valence-corrected chi connectivity index (χ1v) is 9.33. The predicted octanol–water partition coefficient (Wildman–Crippen LogP) is 1.84. The second-order valence-corrected chi connectivity index (χ2v) is 6.90. The highest BCUT2D eigenvalue weighted by molar-refractivity contribution is 5.43. The molecule has 0 amide bonds. The Labute approximate surface area is 159 Å². The highest BCUT2D eigenvalue weighted by Crippen LogP contribution is 2.28. The lowest BCUT2D eigenvalue weighted by atomic mass is 10.1. The van der Waals surface area contributed by atoms with Crippen molar-refractivity contribution in [2.75, 3.05) is 45.8 Å². The monoisotopic (exact) mass is 372 g/mol. The van der Waals surface area contributed by atoms with Crippen LogP contribution in [0.4, 0.5) is 5.95 Å². The van der Waals surface area contributed by atoms with Crippen LogP contribution < -0.4 is 19.9 Å². The molecule has 0 spiro atoms. The molecule has 0 saturated carbocycles. The fourth-order valence-corrected chi connectivity index (χ4v) is 3.35. The summed E-state index contributed by atoms with van der Waals surface area (Å²) in [6, 6.07) is 6.05. The van der Waals surface area contributed by atoms with Gasteiger partial charge in [-0.1, -0.05) is 6.07 Å². The van der Waals surface area contributed by atoms with E-state index in [1.54, 1.807) is 7.11 Å². The van der Waals surface area contributed by atoms with Gasteiger partial charge in [-0.05, 0) is 31.0 Å². The predicted molar refractivity (Wildman–Crippen MR) is 106 cm³/mol. The third-order valence-electron chi connectivity index (χ3n) is 4.79. The van der Waals surface area contributed by atoms with E-state index in [1.807, 2.05) is 38.1 Å². The molecule has 0 fully saturated rings. The maximum absolute atomic E-state index is 12.4. The molecular weight excluding hydrogens is 344 g/mol. The van der Waals surface area contributed by atoms with Crippen molar-refractivity contribution in [1.29, 1.82) is 0 Å². The quantitative estimate of drug-likeness (QED) is 0.834. The molecule has 0 radical (unpaired) electrons. The molecule has 2 aromatic rings. The van der Waals surface area contributed by atoms with Gasteiger partial charge in [0.25, 0.3) is 5.56 Å². The molecule has 3 rings (SSSR count). The van der Waals surface area contributed by atoms with Crippen molar-refractivity contribution in [3.63, 3.8) is 0 Å². The molecule has 2 heterocycles. The summed E-state index contributed by atoms with van der Waals surface area (Å²) in [5, 5.41) is 0. The number of methoxy groups -OCH3 is 1. The average Bonchev–Trinajstić information content (AvgIpc) is 2.86. The molecule has 0 saturated heterocycles. The van der Waals surface area contributed by atoms with Crippen LogP contribution in [0.25, 0.3) is 0 Å². The Morgan fingerprint density at radius 1 is 1.22 bits per heavy atom. The minimum Gasteiger partial charge on any atom is -0.493 e. The van der Waals surface area contributed by atoms with E-state index in [0.29, 0.717) is 19.0 Å². The number of aromatic nitrogens is 2. The molecule has 1 aromatic heterocycles. The smallest absolute Gasteiger partial charge is 0.255 e. The summed E-state index contributed by atoms with van der Waals surface area (Å²) in [4.78, 5) is 24.1. The maximum atomic E-state index is 12.4. The molecule has 7 nitrogen and oxygen atoms in total. The van der Waals surface area contributed by atoms with Gasteiger partial charge in [0, 0.05) is 45.7 Å². The SMILES string of the molecule is CCOc1ccc(CN2CCc3nc(N(C)C)[nH]c(=O)c3CC2)cc1OC. The number of hydrogen-bond donors (Lipinski definition) is 1. The van der Waals surface area contributed by atoms with Crippen LogP contribution >= 0.6 is 0 Å². The van der Waals surface area contributed by atoms with Crippen molar-refractivity contribution in [1.82, 2.24) is 14.9 Å². The molecular formula is C20H28N4O3. The maximum Gasteiger partial charge on any atom is 0.255 e. The summed E-state index contributed by atoms with van der Waals surface area (Å²) in [7, 11) is 5.42. The number of nitrogens with zero attached hydrogens (tertiary/aromatic N) is 3. The number of fused-ring (bicyclic) bond motifs is 1. The van der Waals surface area contributed by atoms with Crippen LogP contribution in [0.2, 0.25) is 0 Å². The van der Waals surface area contributed by atoms with E-state index in [0.717, 1.165) is 54.4 Å². The molecule has 0 atom stereocenters. The Balaban J connectivity index is 1.74. The van der Waals surface area contributed by atoms with Crippen molar-refractivity contribution in [3.8, 4) is 11.5 Å². The van der Waals surface area contributed by atoms with E-state index in [2.05, 4.69) is 20.9 Å². The van der Waals surface area contributed by atoms with Crippen molar-refractivity contribution >= 4 is 5.95 Å². The lowest BCUT2D eigenvalue weighted by Crippen LogP contribution is -2.26. The molecule has 7 heteroatoms. The van der Waals surface area contributed by atoms with Gasteiger partial charge in [-0.25, -0.2) is 4.98 Å². The largest absolute Gasteiger partial charge is 0.493 e. The molecule has 1 N–H and O–H groups in total. The summed E-state index contributed by atoms with van der Waals surface area (Å²) in [6.45, 7) is 5.06. The first-order valence-electron chi connectivity index (χ1n) is 9.33. The Bertz CT molecular complexity index is 848. The first-order chi connectivity index (χ1) is 13.0. The van der Waals surface area contributed by atoms with Gasteiger partial charge < -0.3 is 14.4 Å². The summed E-state index contributed by atoms with van der Waals surface area (Å²) in [5.74, 6) is 2.13. The number of anilines is 1. The van der Waals surface area contributed by atoms with E-state index < -0.39 is 0 Å². The zero-order valence-electron chi connectivity index (χ0n) is 16.5. The fourth-order valence-electron chi connectivity index (χ4n) is 3.35. The number of H-pyrrole nitrogens is 1. The first kappa shape index (κ1) is 19.2. The third kappa shape index (κ3) is 4.42. The number of ether oxygens (including phenoxy) is 2. The van der Waals surface area contributed by atoms with Crippen LogP contribution in [0.1, 0.15) is 23.7 Å². The van der Waals surface area contributed by atoms with Crippen LogP contribution in [0, 0.1) is 0 Å². The van der Waals surface area contributed by atoms with Crippen molar-refractivity contribution < 1.29 is 9.47 Å². The Morgan fingerprint density at radius 3 is 2.70 bits per heavy atom. The summed E-state index contributed by atoms with van der Waals surface area (Å²) in [5.41, 5.74) is 2.87. The third-order valence-corrected chi connectivity index (χ3v) is 4.79. The average molecular weight is 372 g/mol. The zero-order valence-corrected chi connectivity index (χ0v) is 16.5.